The van der Waals surface area contributed by atoms with Crippen LogP contribution >= 0.6 is 0 Å². The van der Waals surface area contributed by atoms with Gasteiger partial charge in [0.1, 0.15) is 0 Å². The molecule has 7 heteroatoms. The molecule has 178 valence electrons. The molecule has 0 radical (unpaired) electrons. The van der Waals surface area contributed by atoms with E-state index < -0.39 is 0 Å². The Balaban J connectivity index is 1.81. The summed E-state index contributed by atoms with van der Waals surface area (Å²) in [7, 11) is 0. The normalized spacial score (nSPS) is 10.4. The molecule has 0 aromatic heterocycles. The van der Waals surface area contributed by atoms with E-state index in [1.807, 2.05) is 45.9 Å². The molecule has 3 aromatic rings. The van der Waals surface area contributed by atoms with Gasteiger partial charge in [-0.1, -0.05) is 24.3 Å². The van der Waals surface area contributed by atoms with Gasteiger partial charge in [-0.2, -0.15) is 0 Å². The molecular weight excluding hydrogens is 432 g/mol. The maximum absolute atomic E-state index is 13.0. The van der Waals surface area contributed by atoms with Crippen molar-refractivity contribution in [2.75, 3.05) is 30.5 Å². The number of hydrogen-bond donors (Lipinski definition) is 2. The summed E-state index contributed by atoms with van der Waals surface area (Å²) in [5.74, 6) is 0.811. The Kier molecular flexibility index (Phi) is 8.51. The molecule has 0 spiro atoms. The number of ether oxygens (including phenoxy) is 3. The van der Waals surface area contributed by atoms with Crippen molar-refractivity contribution in [3.05, 3.63) is 77.4 Å². The second-order valence-corrected chi connectivity index (χ2v) is 7.40. The van der Waals surface area contributed by atoms with Crippen LogP contribution in [0.5, 0.6) is 17.2 Å². The van der Waals surface area contributed by atoms with Crippen LogP contribution in [0.4, 0.5) is 11.4 Å². The number of aryl methyl sites for hydroxylation is 1. The maximum Gasteiger partial charge on any atom is 0.255 e. The second-order valence-electron chi connectivity index (χ2n) is 7.40. The van der Waals surface area contributed by atoms with E-state index in [0.29, 0.717) is 59.6 Å². The van der Waals surface area contributed by atoms with Crippen molar-refractivity contribution in [1.82, 2.24) is 0 Å². The van der Waals surface area contributed by atoms with Crippen LogP contribution in [0.25, 0.3) is 0 Å². The smallest absolute Gasteiger partial charge is 0.255 e. The fourth-order valence-corrected chi connectivity index (χ4v) is 3.42. The first kappa shape index (κ1) is 24.6. The largest absolute Gasteiger partial charge is 0.490 e. The van der Waals surface area contributed by atoms with Gasteiger partial charge in [0.2, 0.25) is 5.75 Å². The maximum atomic E-state index is 13.0. The van der Waals surface area contributed by atoms with Crippen molar-refractivity contribution in [1.29, 1.82) is 0 Å². The van der Waals surface area contributed by atoms with Gasteiger partial charge < -0.3 is 24.8 Å². The molecule has 0 fully saturated rings. The van der Waals surface area contributed by atoms with Gasteiger partial charge in [0.25, 0.3) is 11.8 Å². The third kappa shape index (κ3) is 6.07. The molecule has 3 aromatic carbocycles. The van der Waals surface area contributed by atoms with E-state index in [4.69, 9.17) is 14.2 Å². The monoisotopic (exact) mass is 462 g/mol. The molecule has 7 nitrogen and oxygen atoms in total. The highest BCUT2D eigenvalue weighted by atomic mass is 16.5. The van der Waals surface area contributed by atoms with Gasteiger partial charge in [-0.25, -0.2) is 0 Å². The summed E-state index contributed by atoms with van der Waals surface area (Å²) in [5, 5.41) is 5.75. The molecule has 0 aliphatic heterocycles. The molecule has 0 bridgehead atoms. The second kappa shape index (κ2) is 11.7. The van der Waals surface area contributed by atoms with Crippen LogP contribution in [0.1, 0.15) is 47.1 Å². The lowest BCUT2D eigenvalue weighted by Crippen LogP contribution is -2.15. The lowest BCUT2D eigenvalue weighted by Gasteiger charge is -2.17. The van der Waals surface area contributed by atoms with Gasteiger partial charge in [-0.15, -0.1) is 0 Å². The molecule has 0 atom stereocenters. The van der Waals surface area contributed by atoms with E-state index in [1.165, 1.54) is 0 Å². The highest BCUT2D eigenvalue weighted by molar-refractivity contribution is 6.07. The lowest BCUT2D eigenvalue weighted by molar-refractivity contribution is 0.101. The standard InChI is InChI=1S/C27H30N2O5/c1-5-32-23-15-19(16-24(33-6-2)25(23)34-7-3)26(30)28-20-12-10-13-21(17-20)29-27(31)22-14-9-8-11-18(22)4/h8-17H,5-7H2,1-4H3,(H,28,30)(H,29,31). The minimum Gasteiger partial charge on any atom is -0.490 e. The molecule has 3 rings (SSSR count). The number of carbonyl (C=O) groups is 2. The Morgan fingerprint density at radius 3 is 1.82 bits per heavy atom. The van der Waals surface area contributed by atoms with Crippen molar-refractivity contribution < 1.29 is 23.8 Å². The minimum absolute atomic E-state index is 0.212. The summed E-state index contributed by atoms with van der Waals surface area (Å²) in [6, 6.07) is 17.6. The zero-order chi connectivity index (χ0) is 24.5. The predicted octanol–water partition coefficient (Wildman–Crippen LogP) is 5.70. The van der Waals surface area contributed by atoms with Crippen LogP contribution in [0.2, 0.25) is 0 Å². The van der Waals surface area contributed by atoms with E-state index >= 15 is 0 Å². The van der Waals surface area contributed by atoms with E-state index in [-0.39, 0.29) is 11.8 Å². The first-order valence-corrected chi connectivity index (χ1v) is 11.3. The quantitative estimate of drug-likeness (QED) is 0.404. The molecular formula is C27H30N2O5. The van der Waals surface area contributed by atoms with Crippen molar-refractivity contribution in [3.8, 4) is 17.2 Å². The summed E-state index contributed by atoms with van der Waals surface area (Å²) >= 11 is 0. The highest BCUT2D eigenvalue weighted by Gasteiger charge is 2.19. The molecule has 34 heavy (non-hydrogen) atoms. The number of rotatable bonds is 10. The number of amides is 2. The van der Waals surface area contributed by atoms with E-state index in [2.05, 4.69) is 10.6 Å². The summed E-state index contributed by atoms with van der Waals surface area (Å²) in [4.78, 5) is 25.7. The summed E-state index contributed by atoms with van der Waals surface area (Å²) in [5.41, 5.74) is 2.96. The Labute approximate surface area is 200 Å². The van der Waals surface area contributed by atoms with Gasteiger partial charge >= 0.3 is 0 Å². The Morgan fingerprint density at radius 2 is 1.26 bits per heavy atom. The molecule has 0 aliphatic rings. The topological polar surface area (TPSA) is 85.9 Å². The first-order chi connectivity index (χ1) is 16.5. The van der Waals surface area contributed by atoms with E-state index in [1.54, 1.807) is 42.5 Å². The van der Waals surface area contributed by atoms with Gasteiger partial charge in [0.15, 0.2) is 11.5 Å². The molecule has 2 N–H and O–H groups in total. The average molecular weight is 463 g/mol. The SMILES string of the molecule is CCOc1cc(C(=O)Nc2cccc(NC(=O)c3ccccc3C)c2)cc(OCC)c1OCC. The molecule has 0 saturated carbocycles. The van der Waals surface area contributed by atoms with Gasteiger partial charge in [0.05, 0.1) is 19.8 Å². The van der Waals surface area contributed by atoms with Crippen LogP contribution in [-0.2, 0) is 0 Å². The van der Waals surface area contributed by atoms with Crippen molar-refractivity contribution in [3.63, 3.8) is 0 Å². The minimum atomic E-state index is -0.340. The zero-order valence-corrected chi connectivity index (χ0v) is 19.9. The molecule has 0 aliphatic carbocycles. The van der Waals surface area contributed by atoms with Crippen LogP contribution < -0.4 is 24.8 Å². The average Bonchev–Trinajstić information content (AvgIpc) is 2.81. The van der Waals surface area contributed by atoms with Crippen LogP contribution in [0, 0.1) is 6.92 Å². The van der Waals surface area contributed by atoms with Crippen LogP contribution in [0.15, 0.2) is 60.7 Å². The Bertz CT molecular complexity index is 1130. The van der Waals surface area contributed by atoms with Crippen molar-refractivity contribution in [2.45, 2.75) is 27.7 Å². The molecule has 0 saturated heterocycles. The van der Waals surface area contributed by atoms with Crippen molar-refractivity contribution >= 4 is 23.2 Å². The molecule has 0 unspecified atom stereocenters. The fourth-order valence-electron chi connectivity index (χ4n) is 3.42. The van der Waals surface area contributed by atoms with E-state index in [0.717, 1.165) is 5.56 Å². The third-order valence-corrected chi connectivity index (χ3v) is 4.94. The first-order valence-electron chi connectivity index (χ1n) is 11.3. The predicted molar refractivity (Wildman–Crippen MR) is 133 cm³/mol. The fraction of sp³-hybridized carbons (Fsp3) is 0.259. The van der Waals surface area contributed by atoms with Gasteiger partial charge in [-0.3, -0.25) is 9.59 Å². The zero-order valence-electron chi connectivity index (χ0n) is 19.9. The van der Waals surface area contributed by atoms with E-state index in [9.17, 15) is 9.59 Å². The number of nitrogens with one attached hydrogen (secondary N) is 2. The van der Waals surface area contributed by atoms with Crippen molar-refractivity contribution in [2.24, 2.45) is 0 Å². The summed E-state index contributed by atoms with van der Waals surface area (Å²) < 4.78 is 17.1. The molecule has 2 amide bonds. The number of carbonyl (C=O) groups excluding carboxylic acids is 2. The lowest BCUT2D eigenvalue weighted by atomic mass is 10.1. The van der Waals surface area contributed by atoms with Crippen LogP contribution in [0.3, 0.4) is 0 Å². The number of anilines is 2. The van der Waals surface area contributed by atoms with Gasteiger partial charge in [-0.05, 0) is 69.7 Å². The molecule has 0 heterocycles. The number of benzene rings is 3. The van der Waals surface area contributed by atoms with Gasteiger partial charge in [0, 0.05) is 22.5 Å². The summed E-state index contributed by atoms with van der Waals surface area (Å²) in [6.07, 6.45) is 0. The Morgan fingerprint density at radius 1 is 0.706 bits per heavy atom. The Hall–Kier alpha value is -4.00. The number of hydrogen-bond acceptors (Lipinski definition) is 5. The highest BCUT2D eigenvalue weighted by Crippen LogP contribution is 2.39. The third-order valence-electron chi connectivity index (χ3n) is 4.94. The summed E-state index contributed by atoms with van der Waals surface area (Å²) in [6.45, 7) is 8.75. The van der Waals surface area contributed by atoms with Crippen LogP contribution in [-0.4, -0.2) is 31.6 Å².